The Morgan fingerprint density at radius 3 is 2.35 bits per heavy atom. The average molecular weight is 232 g/mol. The van der Waals surface area contributed by atoms with E-state index in [0.29, 0.717) is 5.84 Å². The predicted molar refractivity (Wildman–Crippen MR) is 69.7 cm³/mol. The zero-order valence-corrected chi connectivity index (χ0v) is 10.1. The zero-order chi connectivity index (χ0) is 11.9. The molecule has 17 heavy (non-hydrogen) atoms. The van der Waals surface area contributed by atoms with Crippen molar-refractivity contribution in [2.45, 2.75) is 44.6 Å². The van der Waals surface area contributed by atoms with Crippen LogP contribution in [0.1, 0.15) is 44.1 Å². The maximum absolute atomic E-state index is 5.88. The number of benzene rings is 1. The number of hydrogen-bond donors (Lipinski definition) is 1. The third-order valence-corrected chi connectivity index (χ3v) is 3.17. The van der Waals surface area contributed by atoms with E-state index in [1.54, 1.807) is 0 Å². The largest absolute Gasteiger partial charge is 0.391 e. The van der Waals surface area contributed by atoms with Crippen LogP contribution in [0.3, 0.4) is 0 Å². The molecule has 2 N–H and O–H groups in total. The Bertz CT molecular complexity index is 354. The van der Waals surface area contributed by atoms with Crippen LogP contribution in [-0.4, -0.2) is 11.9 Å². The summed E-state index contributed by atoms with van der Waals surface area (Å²) in [4.78, 5) is 5.54. The van der Waals surface area contributed by atoms with E-state index < -0.39 is 0 Å². The van der Waals surface area contributed by atoms with Crippen molar-refractivity contribution in [2.24, 2.45) is 10.9 Å². The van der Waals surface area contributed by atoms with Crippen molar-refractivity contribution in [2.75, 3.05) is 0 Å². The van der Waals surface area contributed by atoms with E-state index in [1.165, 1.54) is 25.7 Å². The number of rotatable bonds is 3. The second kappa shape index (κ2) is 6.28. The maximum atomic E-state index is 5.88. The average Bonchev–Trinajstić information content (AvgIpc) is 2.65. The van der Waals surface area contributed by atoms with E-state index in [-0.39, 0.29) is 6.10 Å². The first-order chi connectivity index (χ1) is 8.36. The molecule has 0 amide bonds. The smallest absolute Gasteiger partial charge is 0.170 e. The fraction of sp³-hybridized carbons (Fsp3) is 0.500. The summed E-state index contributed by atoms with van der Waals surface area (Å²) in [5, 5.41) is 4.05. The first-order valence-electron chi connectivity index (χ1n) is 6.41. The molecule has 0 aromatic heterocycles. The van der Waals surface area contributed by atoms with Crippen LogP contribution in [0.25, 0.3) is 0 Å². The summed E-state index contributed by atoms with van der Waals surface area (Å²) >= 11 is 0. The maximum Gasteiger partial charge on any atom is 0.170 e. The van der Waals surface area contributed by atoms with Crippen LogP contribution in [0.5, 0.6) is 0 Å². The molecule has 3 nitrogen and oxygen atoms in total. The van der Waals surface area contributed by atoms with E-state index in [4.69, 9.17) is 10.6 Å². The van der Waals surface area contributed by atoms with Gasteiger partial charge in [-0.05, 0) is 25.7 Å². The van der Waals surface area contributed by atoms with E-state index in [2.05, 4.69) is 5.16 Å². The molecule has 1 fully saturated rings. The van der Waals surface area contributed by atoms with E-state index in [9.17, 15) is 0 Å². The highest BCUT2D eigenvalue weighted by molar-refractivity contribution is 5.96. The van der Waals surface area contributed by atoms with Crippen LogP contribution in [0.15, 0.2) is 35.5 Å². The Kier molecular flexibility index (Phi) is 4.42. The summed E-state index contributed by atoms with van der Waals surface area (Å²) in [5.41, 5.74) is 6.79. The molecule has 0 bridgehead atoms. The van der Waals surface area contributed by atoms with Gasteiger partial charge in [0.25, 0.3) is 0 Å². The Hall–Kier alpha value is -1.51. The van der Waals surface area contributed by atoms with E-state index in [0.717, 1.165) is 18.4 Å². The van der Waals surface area contributed by atoms with Gasteiger partial charge in [0.1, 0.15) is 6.10 Å². The molecule has 1 aromatic rings. The summed E-state index contributed by atoms with van der Waals surface area (Å²) in [5.74, 6) is 0.467. The lowest BCUT2D eigenvalue weighted by Crippen LogP contribution is -2.16. The molecule has 1 saturated carbocycles. The van der Waals surface area contributed by atoms with Crippen LogP contribution >= 0.6 is 0 Å². The summed E-state index contributed by atoms with van der Waals surface area (Å²) in [6.45, 7) is 0. The second-order valence-corrected chi connectivity index (χ2v) is 4.56. The first-order valence-corrected chi connectivity index (χ1v) is 6.41. The van der Waals surface area contributed by atoms with Crippen molar-refractivity contribution in [3.63, 3.8) is 0 Å². The lowest BCUT2D eigenvalue weighted by atomic mass is 10.2. The SMILES string of the molecule is NC(=NOC1CCCCCC1)c1ccccc1. The van der Waals surface area contributed by atoms with Crippen LogP contribution in [0.2, 0.25) is 0 Å². The zero-order valence-electron chi connectivity index (χ0n) is 10.1. The van der Waals surface area contributed by atoms with Gasteiger partial charge in [-0.3, -0.25) is 0 Å². The van der Waals surface area contributed by atoms with Crippen molar-refractivity contribution in [1.82, 2.24) is 0 Å². The topological polar surface area (TPSA) is 47.6 Å². The highest BCUT2D eigenvalue weighted by atomic mass is 16.6. The number of nitrogens with two attached hydrogens (primary N) is 1. The van der Waals surface area contributed by atoms with Gasteiger partial charge in [0.05, 0.1) is 0 Å². The van der Waals surface area contributed by atoms with Crippen molar-refractivity contribution in [3.8, 4) is 0 Å². The fourth-order valence-corrected chi connectivity index (χ4v) is 2.14. The molecule has 1 aliphatic rings. The van der Waals surface area contributed by atoms with Crippen molar-refractivity contribution < 1.29 is 4.84 Å². The predicted octanol–water partition coefficient (Wildman–Crippen LogP) is 3.05. The molecule has 2 rings (SSSR count). The Labute approximate surface area is 103 Å². The van der Waals surface area contributed by atoms with Gasteiger partial charge in [0.15, 0.2) is 5.84 Å². The second-order valence-electron chi connectivity index (χ2n) is 4.56. The summed E-state index contributed by atoms with van der Waals surface area (Å²) < 4.78 is 0. The number of oxime groups is 1. The molecule has 0 spiro atoms. The van der Waals surface area contributed by atoms with Crippen molar-refractivity contribution in [3.05, 3.63) is 35.9 Å². The highest BCUT2D eigenvalue weighted by Gasteiger charge is 2.13. The number of nitrogens with zero attached hydrogens (tertiary/aromatic N) is 1. The standard InChI is InChI=1S/C14H20N2O/c15-14(12-8-4-3-5-9-12)16-17-13-10-6-1-2-7-11-13/h3-5,8-9,13H,1-2,6-7,10-11H2,(H2,15,16). The first kappa shape index (κ1) is 12.0. The summed E-state index contributed by atoms with van der Waals surface area (Å²) in [6.07, 6.45) is 7.57. The third-order valence-electron chi connectivity index (χ3n) is 3.17. The van der Waals surface area contributed by atoms with Gasteiger partial charge >= 0.3 is 0 Å². The van der Waals surface area contributed by atoms with Crippen LogP contribution in [-0.2, 0) is 4.84 Å². The molecule has 92 valence electrons. The third kappa shape index (κ3) is 3.77. The molecule has 0 unspecified atom stereocenters. The van der Waals surface area contributed by atoms with Gasteiger partial charge in [-0.25, -0.2) is 0 Å². The van der Waals surface area contributed by atoms with Gasteiger partial charge < -0.3 is 10.6 Å². The van der Waals surface area contributed by atoms with Gasteiger partial charge in [-0.1, -0.05) is 48.3 Å². The highest BCUT2D eigenvalue weighted by Crippen LogP contribution is 2.20. The van der Waals surface area contributed by atoms with Crippen molar-refractivity contribution >= 4 is 5.84 Å². The molecular formula is C14H20N2O. The van der Waals surface area contributed by atoms with Gasteiger partial charge in [0, 0.05) is 5.56 Å². The molecule has 3 heteroatoms. The fourth-order valence-electron chi connectivity index (χ4n) is 2.14. The minimum absolute atomic E-state index is 0.250. The Balaban J connectivity index is 1.91. The molecule has 0 heterocycles. The monoisotopic (exact) mass is 232 g/mol. The molecule has 0 aliphatic heterocycles. The minimum Gasteiger partial charge on any atom is -0.391 e. The molecule has 1 aliphatic carbocycles. The normalized spacial score (nSPS) is 18.7. The molecule has 0 atom stereocenters. The van der Waals surface area contributed by atoms with E-state index in [1.807, 2.05) is 30.3 Å². The quantitative estimate of drug-likeness (QED) is 0.377. The Morgan fingerprint density at radius 2 is 1.71 bits per heavy atom. The minimum atomic E-state index is 0.250. The van der Waals surface area contributed by atoms with Crippen LogP contribution < -0.4 is 5.73 Å². The molecule has 0 saturated heterocycles. The van der Waals surface area contributed by atoms with E-state index >= 15 is 0 Å². The summed E-state index contributed by atoms with van der Waals surface area (Å²) in [7, 11) is 0. The van der Waals surface area contributed by atoms with Crippen LogP contribution in [0.4, 0.5) is 0 Å². The number of hydrogen-bond acceptors (Lipinski definition) is 2. The lowest BCUT2D eigenvalue weighted by molar-refractivity contribution is 0.0483. The lowest BCUT2D eigenvalue weighted by Gasteiger charge is -2.12. The van der Waals surface area contributed by atoms with Gasteiger partial charge in [0.2, 0.25) is 0 Å². The molecule has 1 aromatic carbocycles. The van der Waals surface area contributed by atoms with Crippen LogP contribution in [0, 0.1) is 0 Å². The van der Waals surface area contributed by atoms with Crippen molar-refractivity contribution in [1.29, 1.82) is 0 Å². The van der Waals surface area contributed by atoms with Gasteiger partial charge in [-0.2, -0.15) is 0 Å². The molecule has 0 radical (unpaired) electrons. The van der Waals surface area contributed by atoms with Gasteiger partial charge in [-0.15, -0.1) is 0 Å². The Morgan fingerprint density at radius 1 is 1.06 bits per heavy atom. The summed E-state index contributed by atoms with van der Waals surface area (Å²) in [6, 6.07) is 9.74. The number of amidine groups is 1. The molecular weight excluding hydrogens is 212 g/mol.